The Morgan fingerprint density at radius 1 is 1.04 bits per heavy atom. The van der Waals surface area contributed by atoms with Crippen molar-refractivity contribution >= 4 is 17.4 Å². The van der Waals surface area contributed by atoms with Gasteiger partial charge in [-0.1, -0.05) is 52.7 Å². The van der Waals surface area contributed by atoms with Gasteiger partial charge in [0.1, 0.15) is 11.5 Å². The molecule has 0 aliphatic rings. The Morgan fingerprint density at radius 2 is 1.76 bits per heavy atom. The standard InChI is InChI=1S/C20H28N4O/c1-5-6-7-12-21-19(25)17-13-23-18(14-22-17)24-16-10-8-15(9-11-16)20(2,3)4/h8-11,13-14H,5-7,12H2,1-4H3,(H,21,25)(H,23,24). The average Bonchev–Trinajstić information content (AvgIpc) is 2.59. The van der Waals surface area contributed by atoms with E-state index in [-0.39, 0.29) is 11.3 Å². The molecule has 0 unspecified atom stereocenters. The fourth-order valence-electron chi connectivity index (χ4n) is 2.38. The minimum atomic E-state index is -0.176. The van der Waals surface area contributed by atoms with Gasteiger partial charge in [-0.3, -0.25) is 4.79 Å². The molecule has 0 spiro atoms. The molecule has 5 nitrogen and oxygen atoms in total. The molecule has 0 aliphatic heterocycles. The van der Waals surface area contributed by atoms with Crippen molar-refractivity contribution in [3.8, 4) is 0 Å². The van der Waals surface area contributed by atoms with Crippen LogP contribution < -0.4 is 10.6 Å². The topological polar surface area (TPSA) is 66.9 Å². The summed E-state index contributed by atoms with van der Waals surface area (Å²) in [5.41, 5.74) is 2.69. The van der Waals surface area contributed by atoms with Crippen molar-refractivity contribution in [2.75, 3.05) is 11.9 Å². The second-order valence-electron chi connectivity index (χ2n) is 7.20. The molecule has 134 valence electrons. The fourth-order valence-corrected chi connectivity index (χ4v) is 2.38. The number of aromatic nitrogens is 2. The van der Waals surface area contributed by atoms with Crippen LogP contribution in [-0.2, 0) is 5.41 Å². The van der Waals surface area contributed by atoms with E-state index in [0.717, 1.165) is 24.9 Å². The predicted molar refractivity (Wildman–Crippen MR) is 102 cm³/mol. The van der Waals surface area contributed by atoms with Crippen molar-refractivity contribution < 1.29 is 4.79 Å². The zero-order chi connectivity index (χ0) is 18.3. The lowest BCUT2D eigenvalue weighted by molar-refractivity contribution is 0.0947. The van der Waals surface area contributed by atoms with Crippen molar-refractivity contribution in [2.24, 2.45) is 0 Å². The van der Waals surface area contributed by atoms with E-state index >= 15 is 0 Å². The molecule has 5 heteroatoms. The first-order valence-electron chi connectivity index (χ1n) is 8.88. The number of carbonyl (C=O) groups is 1. The van der Waals surface area contributed by atoms with Crippen LogP contribution in [0.5, 0.6) is 0 Å². The number of hydrogen-bond acceptors (Lipinski definition) is 4. The van der Waals surface area contributed by atoms with Gasteiger partial charge in [-0.05, 0) is 29.5 Å². The van der Waals surface area contributed by atoms with Gasteiger partial charge in [-0.2, -0.15) is 0 Å². The SMILES string of the molecule is CCCCCNC(=O)c1cnc(Nc2ccc(C(C)(C)C)cc2)cn1. The maximum atomic E-state index is 12.0. The van der Waals surface area contributed by atoms with Crippen molar-refractivity contribution in [1.29, 1.82) is 0 Å². The summed E-state index contributed by atoms with van der Waals surface area (Å²) in [5, 5.41) is 6.06. The highest BCUT2D eigenvalue weighted by Crippen LogP contribution is 2.24. The number of nitrogens with one attached hydrogen (secondary N) is 2. The summed E-state index contributed by atoms with van der Waals surface area (Å²) < 4.78 is 0. The van der Waals surface area contributed by atoms with Crippen LogP contribution >= 0.6 is 0 Å². The summed E-state index contributed by atoms with van der Waals surface area (Å²) in [6.07, 6.45) is 6.31. The average molecular weight is 340 g/mol. The summed E-state index contributed by atoms with van der Waals surface area (Å²) in [7, 11) is 0. The van der Waals surface area contributed by atoms with Gasteiger partial charge in [0.2, 0.25) is 0 Å². The van der Waals surface area contributed by atoms with Gasteiger partial charge >= 0.3 is 0 Å². The molecule has 2 aromatic rings. The van der Waals surface area contributed by atoms with Gasteiger partial charge in [0.05, 0.1) is 12.4 Å². The predicted octanol–water partition coefficient (Wildman–Crippen LogP) is 4.44. The Hall–Kier alpha value is -2.43. The Morgan fingerprint density at radius 3 is 2.32 bits per heavy atom. The number of amides is 1. The van der Waals surface area contributed by atoms with E-state index in [0.29, 0.717) is 18.1 Å². The Balaban J connectivity index is 1.92. The molecule has 2 N–H and O–H groups in total. The summed E-state index contributed by atoms with van der Waals surface area (Å²) in [4.78, 5) is 20.4. The normalized spacial score (nSPS) is 11.2. The Labute approximate surface area is 150 Å². The van der Waals surface area contributed by atoms with E-state index in [4.69, 9.17) is 0 Å². The van der Waals surface area contributed by atoms with Crippen molar-refractivity contribution in [1.82, 2.24) is 15.3 Å². The van der Waals surface area contributed by atoms with E-state index in [9.17, 15) is 4.79 Å². The number of carbonyl (C=O) groups excluding carboxylic acids is 1. The number of unbranched alkanes of at least 4 members (excludes halogenated alkanes) is 2. The highest BCUT2D eigenvalue weighted by atomic mass is 16.1. The fraction of sp³-hybridized carbons (Fsp3) is 0.450. The van der Waals surface area contributed by atoms with Crippen LogP contribution in [-0.4, -0.2) is 22.4 Å². The van der Waals surface area contributed by atoms with E-state index in [1.54, 1.807) is 6.20 Å². The van der Waals surface area contributed by atoms with Crippen LogP contribution in [0.2, 0.25) is 0 Å². The molecule has 25 heavy (non-hydrogen) atoms. The molecule has 0 radical (unpaired) electrons. The zero-order valence-corrected chi connectivity index (χ0v) is 15.6. The number of benzene rings is 1. The molecule has 1 aromatic heterocycles. The van der Waals surface area contributed by atoms with Crippen LogP contribution in [0.15, 0.2) is 36.7 Å². The van der Waals surface area contributed by atoms with E-state index in [1.165, 1.54) is 11.8 Å². The van der Waals surface area contributed by atoms with Gasteiger partial charge in [0.25, 0.3) is 5.91 Å². The quantitative estimate of drug-likeness (QED) is 0.731. The summed E-state index contributed by atoms with van der Waals surface area (Å²) in [6.45, 7) is 9.37. The van der Waals surface area contributed by atoms with Crippen molar-refractivity contribution in [3.63, 3.8) is 0 Å². The van der Waals surface area contributed by atoms with Crippen LogP contribution in [0.1, 0.15) is 63.0 Å². The second kappa shape index (κ2) is 8.60. The molecular weight excluding hydrogens is 312 g/mol. The van der Waals surface area contributed by atoms with Gasteiger partial charge in [-0.25, -0.2) is 9.97 Å². The zero-order valence-electron chi connectivity index (χ0n) is 15.6. The van der Waals surface area contributed by atoms with Crippen LogP contribution in [0.25, 0.3) is 0 Å². The van der Waals surface area contributed by atoms with Crippen LogP contribution in [0.4, 0.5) is 11.5 Å². The van der Waals surface area contributed by atoms with Gasteiger partial charge in [0.15, 0.2) is 0 Å². The molecule has 0 bridgehead atoms. The minimum Gasteiger partial charge on any atom is -0.351 e. The first-order chi connectivity index (χ1) is 11.9. The van der Waals surface area contributed by atoms with E-state index in [2.05, 4.69) is 60.4 Å². The van der Waals surface area contributed by atoms with Gasteiger partial charge < -0.3 is 10.6 Å². The molecular formula is C20H28N4O. The third kappa shape index (κ3) is 5.85. The lowest BCUT2D eigenvalue weighted by Crippen LogP contribution is -2.25. The lowest BCUT2D eigenvalue weighted by Gasteiger charge is -2.19. The maximum absolute atomic E-state index is 12.0. The third-order valence-corrected chi connectivity index (χ3v) is 3.97. The van der Waals surface area contributed by atoms with Crippen LogP contribution in [0, 0.1) is 0 Å². The number of anilines is 2. The third-order valence-electron chi connectivity index (χ3n) is 3.97. The maximum Gasteiger partial charge on any atom is 0.271 e. The van der Waals surface area contributed by atoms with E-state index in [1.807, 2.05) is 12.1 Å². The molecule has 0 atom stereocenters. The van der Waals surface area contributed by atoms with Crippen molar-refractivity contribution in [2.45, 2.75) is 52.4 Å². The van der Waals surface area contributed by atoms with Crippen LogP contribution in [0.3, 0.4) is 0 Å². The van der Waals surface area contributed by atoms with E-state index < -0.39 is 0 Å². The molecule has 1 heterocycles. The monoisotopic (exact) mass is 340 g/mol. The Kier molecular flexibility index (Phi) is 6.51. The molecule has 1 aromatic carbocycles. The largest absolute Gasteiger partial charge is 0.351 e. The molecule has 2 rings (SSSR count). The Bertz CT molecular complexity index is 672. The molecule has 0 fully saturated rings. The summed E-state index contributed by atoms with van der Waals surface area (Å²) in [5.74, 6) is 0.440. The highest BCUT2D eigenvalue weighted by molar-refractivity contribution is 5.92. The number of rotatable bonds is 7. The molecule has 0 saturated heterocycles. The first kappa shape index (κ1) is 18.9. The smallest absolute Gasteiger partial charge is 0.271 e. The summed E-state index contributed by atoms with van der Waals surface area (Å²) >= 11 is 0. The molecule has 0 saturated carbocycles. The molecule has 0 aliphatic carbocycles. The minimum absolute atomic E-state index is 0.129. The van der Waals surface area contributed by atoms with Crippen molar-refractivity contribution in [3.05, 3.63) is 47.9 Å². The number of nitrogens with zero attached hydrogens (tertiary/aromatic N) is 2. The number of hydrogen-bond donors (Lipinski definition) is 2. The first-order valence-corrected chi connectivity index (χ1v) is 8.88. The van der Waals surface area contributed by atoms with Gasteiger partial charge in [0, 0.05) is 12.2 Å². The molecule has 1 amide bonds. The lowest BCUT2D eigenvalue weighted by atomic mass is 9.87. The highest BCUT2D eigenvalue weighted by Gasteiger charge is 2.13. The summed E-state index contributed by atoms with van der Waals surface area (Å²) in [6, 6.07) is 8.26. The van der Waals surface area contributed by atoms with Gasteiger partial charge in [-0.15, -0.1) is 0 Å². The second-order valence-corrected chi connectivity index (χ2v) is 7.20.